The van der Waals surface area contributed by atoms with Crippen molar-refractivity contribution in [1.29, 1.82) is 0 Å². The van der Waals surface area contributed by atoms with Gasteiger partial charge in [-0.1, -0.05) is 29.8 Å². The molecule has 0 amide bonds. The summed E-state index contributed by atoms with van der Waals surface area (Å²) in [7, 11) is 4.62. The molecule has 1 heterocycles. The minimum Gasteiger partial charge on any atom is -0.493 e. The quantitative estimate of drug-likeness (QED) is 0.477. The van der Waals surface area contributed by atoms with Gasteiger partial charge in [0.1, 0.15) is 18.1 Å². The molecule has 0 saturated carbocycles. The molecule has 1 aliphatic heterocycles. The number of benzene rings is 3. The highest BCUT2D eigenvalue weighted by Crippen LogP contribution is 2.40. The van der Waals surface area contributed by atoms with Gasteiger partial charge in [0, 0.05) is 6.07 Å². The maximum absolute atomic E-state index is 12.8. The summed E-state index contributed by atoms with van der Waals surface area (Å²) in [5.74, 6) is 2.58. The highest BCUT2D eigenvalue weighted by atomic mass is 16.5. The number of hydrogen-bond donors (Lipinski definition) is 0. The van der Waals surface area contributed by atoms with Crippen molar-refractivity contribution in [3.05, 3.63) is 82.6 Å². The summed E-state index contributed by atoms with van der Waals surface area (Å²) in [6.07, 6.45) is 1.65. The van der Waals surface area contributed by atoms with Crippen LogP contribution in [-0.4, -0.2) is 27.1 Å². The van der Waals surface area contributed by atoms with Crippen molar-refractivity contribution in [2.45, 2.75) is 13.5 Å². The standard InChI is InChI=1S/C26H24O6/c1-16-5-7-17(8-6-16)15-31-19-9-10-20-21(14-19)32-22(25(20)27)11-18-12-23(28-2)26(30-4)24(13-18)29-3/h5-14H,15H2,1-4H3. The number of carbonyl (C=O) groups is 1. The molecule has 0 bridgehead atoms. The van der Waals surface area contributed by atoms with Crippen LogP contribution in [0.3, 0.4) is 0 Å². The van der Waals surface area contributed by atoms with Gasteiger partial charge >= 0.3 is 0 Å². The molecule has 0 radical (unpaired) electrons. The van der Waals surface area contributed by atoms with Gasteiger partial charge in [0.2, 0.25) is 11.5 Å². The maximum Gasteiger partial charge on any atom is 0.231 e. The summed E-state index contributed by atoms with van der Waals surface area (Å²) in [6, 6.07) is 16.9. The van der Waals surface area contributed by atoms with Gasteiger partial charge in [0.15, 0.2) is 17.3 Å². The summed E-state index contributed by atoms with van der Waals surface area (Å²) in [4.78, 5) is 12.8. The van der Waals surface area contributed by atoms with E-state index in [1.807, 2.05) is 31.2 Å². The Labute approximate surface area is 186 Å². The first kappa shape index (κ1) is 21.3. The first-order chi connectivity index (χ1) is 15.5. The van der Waals surface area contributed by atoms with Gasteiger partial charge in [-0.25, -0.2) is 0 Å². The van der Waals surface area contributed by atoms with E-state index < -0.39 is 0 Å². The molecular weight excluding hydrogens is 408 g/mol. The van der Waals surface area contributed by atoms with E-state index in [1.54, 1.807) is 50.6 Å². The zero-order chi connectivity index (χ0) is 22.7. The second-order valence-electron chi connectivity index (χ2n) is 7.33. The maximum atomic E-state index is 12.8. The minimum atomic E-state index is -0.196. The van der Waals surface area contributed by atoms with Crippen LogP contribution >= 0.6 is 0 Å². The van der Waals surface area contributed by atoms with Crippen molar-refractivity contribution < 1.29 is 28.5 Å². The molecule has 164 valence electrons. The molecule has 0 spiro atoms. The number of fused-ring (bicyclic) bond motifs is 1. The average Bonchev–Trinajstić information content (AvgIpc) is 3.12. The van der Waals surface area contributed by atoms with Crippen LogP contribution in [-0.2, 0) is 6.61 Å². The van der Waals surface area contributed by atoms with Crippen LogP contribution in [0.15, 0.2) is 60.4 Å². The molecule has 32 heavy (non-hydrogen) atoms. The molecule has 0 atom stereocenters. The third-order valence-corrected chi connectivity index (χ3v) is 5.15. The van der Waals surface area contributed by atoms with E-state index in [1.165, 1.54) is 12.7 Å². The summed E-state index contributed by atoms with van der Waals surface area (Å²) in [6.45, 7) is 2.48. The van der Waals surface area contributed by atoms with Crippen molar-refractivity contribution in [1.82, 2.24) is 0 Å². The third-order valence-electron chi connectivity index (χ3n) is 5.15. The summed E-state index contributed by atoms with van der Waals surface area (Å²) >= 11 is 0. The van der Waals surface area contributed by atoms with Crippen LogP contribution in [0.25, 0.3) is 6.08 Å². The number of ketones is 1. The molecule has 6 heteroatoms. The number of methoxy groups -OCH3 is 3. The van der Waals surface area contributed by atoms with Crippen LogP contribution in [0.5, 0.6) is 28.7 Å². The van der Waals surface area contributed by atoms with E-state index in [-0.39, 0.29) is 11.5 Å². The third kappa shape index (κ3) is 4.25. The number of carbonyl (C=O) groups excluding carboxylic acids is 1. The van der Waals surface area contributed by atoms with Gasteiger partial charge in [-0.2, -0.15) is 0 Å². The molecule has 0 saturated heterocycles. The Morgan fingerprint density at radius 2 is 1.56 bits per heavy atom. The predicted molar refractivity (Wildman–Crippen MR) is 121 cm³/mol. The average molecular weight is 432 g/mol. The van der Waals surface area contributed by atoms with Crippen LogP contribution < -0.4 is 23.7 Å². The lowest BCUT2D eigenvalue weighted by Gasteiger charge is -2.13. The molecule has 3 aromatic carbocycles. The smallest absolute Gasteiger partial charge is 0.231 e. The van der Waals surface area contributed by atoms with Crippen molar-refractivity contribution in [2.75, 3.05) is 21.3 Å². The normalized spacial score (nSPS) is 13.5. The largest absolute Gasteiger partial charge is 0.493 e. The molecular formula is C26H24O6. The number of ether oxygens (including phenoxy) is 5. The Kier molecular flexibility index (Phi) is 6.03. The van der Waals surface area contributed by atoms with Gasteiger partial charge in [0.25, 0.3) is 0 Å². The number of allylic oxidation sites excluding steroid dienone is 1. The molecule has 1 aliphatic rings. The van der Waals surface area contributed by atoms with Crippen molar-refractivity contribution >= 4 is 11.9 Å². The SMILES string of the molecule is COc1cc(C=C2Oc3cc(OCc4ccc(C)cc4)ccc3C2=O)cc(OC)c1OC. The van der Waals surface area contributed by atoms with Crippen LogP contribution in [0, 0.1) is 6.92 Å². The van der Waals surface area contributed by atoms with E-state index in [4.69, 9.17) is 23.7 Å². The summed E-state index contributed by atoms with van der Waals surface area (Å²) in [5, 5.41) is 0. The molecule has 0 aromatic heterocycles. The minimum absolute atomic E-state index is 0.196. The van der Waals surface area contributed by atoms with E-state index >= 15 is 0 Å². The molecule has 3 aromatic rings. The molecule has 6 nitrogen and oxygen atoms in total. The zero-order valence-corrected chi connectivity index (χ0v) is 18.4. The van der Waals surface area contributed by atoms with Crippen LogP contribution in [0.4, 0.5) is 0 Å². The van der Waals surface area contributed by atoms with Crippen LogP contribution in [0.2, 0.25) is 0 Å². The number of hydrogen-bond acceptors (Lipinski definition) is 6. The van der Waals surface area contributed by atoms with Crippen molar-refractivity contribution in [3.63, 3.8) is 0 Å². The fourth-order valence-corrected chi connectivity index (χ4v) is 3.44. The Morgan fingerprint density at radius 3 is 2.19 bits per heavy atom. The van der Waals surface area contributed by atoms with Gasteiger partial charge in [0.05, 0.1) is 26.9 Å². The number of Topliss-reactive ketones (excluding diaryl/α,β-unsaturated/α-hetero) is 1. The monoisotopic (exact) mass is 432 g/mol. The number of rotatable bonds is 7. The molecule has 4 rings (SSSR count). The topological polar surface area (TPSA) is 63.2 Å². The van der Waals surface area contributed by atoms with Crippen molar-refractivity contribution in [2.24, 2.45) is 0 Å². The van der Waals surface area contributed by atoms with E-state index in [2.05, 4.69) is 0 Å². The van der Waals surface area contributed by atoms with Gasteiger partial charge in [-0.05, 0) is 48.4 Å². The Hall–Kier alpha value is -3.93. The fourth-order valence-electron chi connectivity index (χ4n) is 3.44. The molecule has 0 unspecified atom stereocenters. The van der Waals surface area contributed by atoms with E-state index in [0.29, 0.717) is 46.5 Å². The lowest BCUT2D eigenvalue weighted by atomic mass is 10.1. The Balaban J connectivity index is 1.55. The Bertz CT molecular complexity index is 1150. The lowest BCUT2D eigenvalue weighted by molar-refractivity contribution is 0.101. The first-order valence-electron chi connectivity index (χ1n) is 10.1. The van der Waals surface area contributed by atoms with Gasteiger partial charge in [-0.3, -0.25) is 4.79 Å². The highest BCUT2D eigenvalue weighted by Gasteiger charge is 2.28. The highest BCUT2D eigenvalue weighted by molar-refractivity contribution is 6.14. The second-order valence-corrected chi connectivity index (χ2v) is 7.33. The number of aryl methyl sites for hydroxylation is 1. The van der Waals surface area contributed by atoms with Crippen molar-refractivity contribution in [3.8, 4) is 28.7 Å². The molecule has 0 N–H and O–H groups in total. The summed E-state index contributed by atoms with van der Waals surface area (Å²) < 4.78 is 27.8. The summed E-state index contributed by atoms with van der Waals surface area (Å²) in [5.41, 5.74) is 3.44. The van der Waals surface area contributed by atoms with Crippen LogP contribution in [0.1, 0.15) is 27.0 Å². The van der Waals surface area contributed by atoms with Gasteiger partial charge in [-0.15, -0.1) is 0 Å². The Morgan fingerprint density at radius 1 is 0.875 bits per heavy atom. The molecule has 0 aliphatic carbocycles. The van der Waals surface area contributed by atoms with E-state index in [9.17, 15) is 4.79 Å². The second kappa shape index (κ2) is 9.06. The lowest BCUT2D eigenvalue weighted by Crippen LogP contribution is -1.99. The fraction of sp³-hybridized carbons (Fsp3) is 0.192. The van der Waals surface area contributed by atoms with Gasteiger partial charge < -0.3 is 23.7 Å². The molecule has 0 fully saturated rings. The predicted octanol–water partition coefficient (Wildman–Crippen LogP) is 5.22. The zero-order valence-electron chi connectivity index (χ0n) is 18.4. The van der Waals surface area contributed by atoms with E-state index in [0.717, 1.165) is 5.56 Å². The first-order valence-corrected chi connectivity index (χ1v) is 10.1.